The largest absolute Gasteiger partial charge is 0.444 e. The Morgan fingerprint density at radius 3 is 2.80 bits per heavy atom. The zero-order valence-electron chi connectivity index (χ0n) is 9.79. The van der Waals surface area contributed by atoms with Gasteiger partial charge in [0.1, 0.15) is 5.76 Å². The van der Waals surface area contributed by atoms with Gasteiger partial charge in [-0.25, -0.2) is 4.98 Å². The van der Waals surface area contributed by atoms with Crippen LogP contribution in [-0.4, -0.2) is 11.0 Å². The van der Waals surface area contributed by atoms with Gasteiger partial charge in [0, 0.05) is 6.04 Å². The van der Waals surface area contributed by atoms with E-state index in [1.54, 1.807) is 6.20 Å². The molecule has 0 aliphatic heterocycles. The first kappa shape index (κ1) is 10.7. The van der Waals surface area contributed by atoms with Crippen LogP contribution in [0, 0.1) is 12.8 Å². The molecule has 1 aliphatic carbocycles. The second-order valence-electron chi connectivity index (χ2n) is 4.78. The van der Waals surface area contributed by atoms with Gasteiger partial charge in [0.05, 0.1) is 12.2 Å². The quantitative estimate of drug-likeness (QED) is 0.808. The molecule has 1 fully saturated rings. The standard InChI is InChI=1S/C12H20N2O/c1-8(6-11-4-5-11)14-10(3)12-13-7-9(2)15-12/h7-8,10-11,14H,4-6H2,1-3H3. The minimum absolute atomic E-state index is 0.215. The van der Waals surface area contributed by atoms with Crippen LogP contribution in [0.25, 0.3) is 0 Å². The Morgan fingerprint density at radius 2 is 2.27 bits per heavy atom. The maximum Gasteiger partial charge on any atom is 0.211 e. The molecule has 2 atom stereocenters. The molecule has 1 heterocycles. The van der Waals surface area contributed by atoms with E-state index < -0.39 is 0 Å². The van der Waals surface area contributed by atoms with E-state index >= 15 is 0 Å². The summed E-state index contributed by atoms with van der Waals surface area (Å²) in [5.41, 5.74) is 0. The number of hydrogen-bond acceptors (Lipinski definition) is 3. The van der Waals surface area contributed by atoms with Crippen LogP contribution in [0.5, 0.6) is 0 Å². The van der Waals surface area contributed by atoms with E-state index in [9.17, 15) is 0 Å². The fraction of sp³-hybridized carbons (Fsp3) is 0.750. The molecule has 1 N–H and O–H groups in total. The van der Waals surface area contributed by atoms with Gasteiger partial charge < -0.3 is 9.73 Å². The molecule has 3 heteroatoms. The molecule has 0 bridgehead atoms. The van der Waals surface area contributed by atoms with Crippen molar-refractivity contribution < 1.29 is 4.42 Å². The molecule has 84 valence electrons. The Labute approximate surface area is 91.3 Å². The van der Waals surface area contributed by atoms with Gasteiger partial charge in [-0.15, -0.1) is 0 Å². The Hall–Kier alpha value is -0.830. The van der Waals surface area contributed by atoms with Gasteiger partial charge in [0.2, 0.25) is 5.89 Å². The Kier molecular flexibility index (Phi) is 3.10. The van der Waals surface area contributed by atoms with Crippen LogP contribution in [-0.2, 0) is 0 Å². The van der Waals surface area contributed by atoms with Crippen molar-refractivity contribution in [3.63, 3.8) is 0 Å². The fourth-order valence-electron chi connectivity index (χ4n) is 1.99. The summed E-state index contributed by atoms with van der Waals surface area (Å²) in [6.45, 7) is 6.27. The highest BCUT2D eigenvalue weighted by molar-refractivity contribution is 4.95. The summed E-state index contributed by atoms with van der Waals surface area (Å²) in [5.74, 6) is 2.65. The molecular weight excluding hydrogens is 188 g/mol. The summed E-state index contributed by atoms with van der Waals surface area (Å²) < 4.78 is 5.49. The second kappa shape index (κ2) is 4.35. The van der Waals surface area contributed by atoms with Crippen LogP contribution in [0.1, 0.15) is 50.8 Å². The lowest BCUT2D eigenvalue weighted by atomic mass is 10.1. The van der Waals surface area contributed by atoms with Gasteiger partial charge in [-0.1, -0.05) is 12.8 Å². The van der Waals surface area contributed by atoms with Crippen LogP contribution in [0.4, 0.5) is 0 Å². The maximum atomic E-state index is 5.49. The molecule has 0 radical (unpaired) electrons. The highest BCUT2D eigenvalue weighted by Crippen LogP contribution is 2.33. The molecule has 1 aliphatic rings. The molecular formula is C12H20N2O. The van der Waals surface area contributed by atoms with Crippen LogP contribution >= 0.6 is 0 Å². The van der Waals surface area contributed by atoms with Gasteiger partial charge in [-0.2, -0.15) is 0 Å². The van der Waals surface area contributed by atoms with Crippen molar-refractivity contribution in [2.75, 3.05) is 0 Å². The Bertz CT molecular complexity index is 317. The van der Waals surface area contributed by atoms with Gasteiger partial charge in [-0.05, 0) is 33.1 Å². The fourth-order valence-corrected chi connectivity index (χ4v) is 1.99. The molecule has 0 saturated heterocycles. The summed E-state index contributed by atoms with van der Waals surface area (Å²) in [6, 6.07) is 0.771. The molecule has 0 amide bonds. The van der Waals surface area contributed by atoms with Gasteiger partial charge in [-0.3, -0.25) is 0 Å². The van der Waals surface area contributed by atoms with Crippen molar-refractivity contribution >= 4 is 0 Å². The molecule has 1 saturated carbocycles. The molecule has 1 aromatic heterocycles. The topological polar surface area (TPSA) is 38.1 Å². The summed E-state index contributed by atoms with van der Waals surface area (Å²) in [5, 5.41) is 3.52. The molecule has 1 aromatic rings. The van der Waals surface area contributed by atoms with E-state index in [1.165, 1.54) is 19.3 Å². The Morgan fingerprint density at radius 1 is 1.53 bits per heavy atom. The number of oxazole rings is 1. The predicted octanol–water partition coefficient (Wildman–Crippen LogP) is 2.82. The minimum atomic E-state index is 0.215. The summed E-state index contributed by atoms with van der Waals surface area (Å²) in [6.07, 6.45) is 5.89. The Balaban J connectivity index is 1.82. The minimum Gasteiger partial charge on any atom is -0.444 e. The lowest BCUT2D eigenvalue weighted by Crippen LogP contribution is -2.29. The van der Waals surface area contributed by atoms with E-state index in [0.29, 0.717) is 6.04 Å². The molecule has 2 rings (SSSR count). The van der Waals surface area contributed by atoms with Crippen LogP contribution < -0.4 is 5.32 Å². The smallest absolute Gasteiger partial charge is 0.211 e. The van der Waals surface area contributed by atoms with E-state index in [-0.39, 0.29) is 6.04 Å². The molecule has 3 nitrogen and oxygen atoms in total. The third-order valence-corrected chi connectivity index (χ3v) is 2.93. The SMILES string of the molecule is Cc1cnc(C(C)NC(C)CC2CC2)o1. The first-order chi connectivity index (χ1) is 7.15. The number of hydrogen-bond donors (Lipinski definition) is 1. The van der Waals surface area contributed by atoms with E-state index in [0.717, 1.165) is 17.6 Å². The van der Waals surface area contributed by atoms with Gasteiger partial charge in [0.15, 0.2) is 0 Å². The van der Waals surface area contributed by atoms with Crippen molar-refractivity contribution in [1.29, 1.82) is 0 Å². The van der Waals surface area contributed by atoms with Gasteiger partial charge in [0.25, 0.3) is 0 Å². The highest BCUT2D eigenvalue weighted by Gasteiger charge is 2.24. The second-order valence-corrected chi connectivity index (χ2v) is 4.78. The van der Waals surface area contributed by atoms with Crippen LogP contribution in [0.2, 0.25) is 0 Å². The summed E-state index contributed by atoms with van der Waals surface area (Å²) in [4.78, 5) is 4.23. The van der Waals surface area contributed by atoms with Crippen LogP contribution in [0.3, 0.4) is 0 Å². The highest BCUT2D eigenvalue weighted by atomic mass is 16.4. The third-order valence-electron chi connectivity index (χ3n) is 2.93. The van der Waals surface area contributed by atoms with Crippen molar-refractivity contribution in [3.05, 3.63) is 17.8 Å². The van der Waals surface area contributed by atoms with Crippen molar-refractivity contribution in [3.8, 4) is 0 Å². The summed E-state index contributed by atoms with van der Waals surface area (Å²) in [7, 11) is 0. The number of aryl methyl sites for hydroxylation is 1. The number of nitrogens with zero attached hydrogens (tertiary/aromatic N) is 1. The van der Waals surface area contributed by atoms with E-state index in [1.807, 2.05) is 6.92 Å². The van der Waals surface area contributed by atoms with Crippen LogP contribution in [0.15, 0.2) is 10.6 Å². The zero-order chi connectivity index (χ0) is 10.8. The molecule has 0 aromatic carbocycles. The van der Waals surface area contributed by atoms with E-state index in [2.05, 4.69) is 24.1 Å². The van der Waals surface area contributed by atoms with Crippen molar-refractivity contribution in [2.45, 2.75) is 52.1 Å². The monoisotopic (exact) mass is 208 g/mol. The molecule has 2 unspecified atom stereocenters. The van der Waals surface area contributed by atoms with Gasteiger partial charge >= 0.3 is 0 Å². The average Bonchev–Trinajstić information content (AvgIpc) is 2.85. The maximum absolute atomic E-state index is 5.49. The number of nitrogens with one attached hydrogen (secondary N) is 1. The number of rotatable bonds is 5. The normalized spacial score (nSPS) is 20.2. The van der Waals surface area contributed by atoms with Crippen molar-refractivity contribution in [2.24, 2.45) is 5.92 Å². The van der Waals surface area contributed by atoms with E-state index in [4.69, 9.17) is 4.42 Å². The molecule has 0 spiro atoms. The average molecular weight is 208 g/mol. The lowest BCUT2D eigenvalue weighted by Gasteiger charge is -2.17. The molecule has 15 heavy (non-hydrogen) atoms. The van der Waals surface area contributed by atoms with Crippen molar-refractivity contribution in [1.82, 2.24) is 10.3 Å². The first-order valence-electron chi connectivity index (χ1n) is 5.83. The first-order valence-corrected chi connectivity index (χ1v) is 5.83. The third kappa shape index (κ3) is 3.06. The predicted molar refractivity (Wildman–Crippen MR) is 59.6 cm³/mol. The number of aromatic nitrogens is 1. The zero-order valence-corrected chi connectivity index (χ0v) is 9.79. The summed E-state index contributed by atoms with van der Waals surface area (Å²) >= 11 is 0. The lowest BCUT2D eigenvalue weighted by molar-refractivity contribution is 0.363.